The van der Waals surface area contributed by atoms with Gasteiger partial charge in [0.25, 0.3) is 0 Å². The fourth-order valence-electron chi connectivity index (χ4n) is 6.00. The molecule has 2 atom stereocenters. The van der Waals surface area contributed by atoms with Crippen LogP contribution in [0.15, 0.2) is 48.0 Å². The fourth-order valence-corrected chi connectivity index (χ4v) is 6.00. The van der Waals surface area contributed by atoms with E-state index in [4.69, 9.17) is 0 Å². The maximum Gasteiger partial charge on any atom is 0.196 e. The lowest BCUT2D eigenvalue weighted by atomic mass is 9.84. The zero-order valence-electron chi connectivity index (χ0n) is 21.1. The second-order valence-corrected chi connectivity index (χ2v) is 10.5. The Kier molecular flexibility index (Phi) is 6.62. The summed E-state index contributed by atoms with van der Waals surface area (Å²) in [7, 11) is 4.00. The first-order valence-electron chi connectivity index (χ1n) is 12.8. The molecule has 5 rings (SSSR count). The number of hydrogen-bond acceptors (Lipinski definition) is 4. The van der Waals surface area contributed by atoms with E-state index in [1.165, 1.54) is 37.8 Å². The predicted octanol–water partition coefficient (Wildman–Crippen LogP) is 4.91. The Bertz CT molecular complexity index is 1240. The molecule has 0 amide bonds. The second kappa shape index (κ2) is 9.84. The highest BCUT2D eigenvalue weighted by molar-refractivity contribution is 6.28. The number of rotatable bonds is 5. The molecule has 180 valence electrons. The van der Waals surface area contributed by atoms with Gasteiger partial charge in [0, 0.05) is 35.3 Å². The number of allylic oxidation sites excluding steroid dienone is 2. The smallest absolute Gasteiger partial charge is 0.196 e. The van der Waals surface area contributed by atoms with Crippen LogP contribution in [0.3, 0.4) is 0 Å². The molecule has 2 fully saturated rings. The van der Waals surface area contributed by atoms with Crippen LogP contribution in [-0.4, -0.2) is 49.2 Å². The summed E-state index contributed by atoms with van der Waals surface area (Å²) in [5, 5.41) is 0. The van der Waals surface area contributed by atoms with Crippen molar-refractivity contribution in [2.75, 3.05) is 25.5 Å². The molecule has 0 N–H and O–H groups in total. The molecule has 0 aromatic heterocycles. The summed E-state index contributed by atoms with van der Waals surface area (Å²) in [4.78, 5) is 31.2. The summed E-state index contributed by atoms with van der Waals surface area (Å²) in [6.07, 6.45) is 9.00. The highest BCUT2D eigenvalue weighted by atomic mass is 16.1. The first-order valence-corrected chi connectivity index (χ1v) is 12.8. The van der Waals surface area contributed by atoms with E-state index in [1.54, 1.807) is 0 Å². The number of carbonyl (C=O) groups is 2. The van der Waals surface area contributed by atoms with Gasteiger partial charge in [-0.3, -0.25) is 14.5 Å². The first-order chi connectivity index (χ1) is 16.9. The average molecular weight is 467 g/mol. The van der Waals surface area contributed by atoms with Crippen LogP contribution < -0.4 is 4.90 Å². The quantitative estimate of drug-likeness (QED) is 0.464. The molecule has 0 saturated carbocycles. The van der Waals surface area contributed by atoms with Gasteiger partial charge in [0.1, 0.15) is 0 Å². The van der Waals surface area contributed by atoms with Crippen molar-refractivity contribution in [2.24, 2.45) is 0 Å². The molecule has 0 radical (unpaired) electrons. The van der Waals surface area contributed by atoms with Crippen LogP contribution in [0.4, 0.5) is 5.69 Å². The summed E-state index contributed by atoms with van der Waals surface area (Å²) in [6, 6.07) is 13.5. The summed E-state index contributed by atoms with van der Waals surface area (Å²) < 4.78 is 0. The standard InChI is InChI=1S/C31H34N2O2/c1-21-7-4-8-22-13-17-28(31(35)30(21)22)29(34)20-24-12-14-27(19-23(24)9-6-18-32(2)3)33-25-10-5-11-26(33)16-15-25/h4,7-8,12,14,17,19,25-26H,5,10-11,13,15-16,18,20H2,1-3H3. The highest BCUT2D eigenvalue weighted by Crippen LogP contribution is 2.39. The van der Waals surface area contributed by atoms with Gasteiger partial charge in [0.2, 0.25) is 0 Å². The number of hydrogen-bond donors (Lipinski definition) is 0. The molecular formula is C31H34N2O2. The molecule has 0 spiro atoms. The minimum absolute atomic E-state index is 0.120. The van der Waals surface area contributed by atoms with Gasteiger partial charge in [0.15, 0.2) is 11.6 Å². The van der Waals surface area contributed by atoms with E-state index in [0.29, 0.717) is 36.2 Å². The average Bonchev–Trinajstić information content (AvgIpc) is 3.08. The number of fused-ring (bicyclic) bond motifs is 3. The lowest BCUT2D eigenvalue weighted by Crippen LogP contribution is -2.39. The molecule has 2 aliphatic heterocycles. The Morgan fingerprint density at radius 2 is 1.86 bits per heavy atom. The largest absolute Gasteiger partial charge is 0.366 e. The van der Waals surface area contributed by atoms with Crippen molar-refractivity contribution in [1.29, 1.82) is 0 Å². The fraction of sp³-hybridized carbons (Fsp3) is 0.419. The third-order valence-electron chi connectivity index (χ3n) is 7.71. The maximum atomic E-state index is 13.4. The third-order valence-corrected chi connectivity index (χ3v) is 7.71. The number of piperidine rings is 1. The highest BCUT2D eigenvalue weighted by Gasteiger charge is 2.36. The van der Waals surface area contributed by atoms with Gasteiger partial charge >= 0.3 is 0 Å². The minimum Gasteiger partial charge on any atom is -0.366 e. The van der Waals surface area contributed by atoms with Gasteiger partial charge in [0.05, 0.1) is 12.1 Å². The number of nitrogens with zero attached hydrogens (tertiary/aromatic N) is 2. The minimum atomic E-state index is -0.142. The van der Waals surface area contributed by atoms with Gasteiger partial charge in [-0.1, -0.05) is 42.2 Å². The number of benzene rings is 2. The van der Waals surface area contributed by atoms with E-state index in [1.807, 2.05) is 50.2 Å². The molecule has 4 nitrogen and oxygen atoms in total. The van der Waals surface area contributed by atoms with Gasteiger partial charge in [-0.15, -0.1) is 0 Å². The van der Waals surface area contributed by atoms with E-state index in [2.05, 4.69) is 34.9 Å². The van der Waals surface area contributed by atoms with E-state index < -0.39 is 0 Å². The third kappa shape index (κ3) is 4.70. The van der Waals surface area contributed by atoms with Crippen molar-refractivity contribution in [2.45, 2.75) is 64.0 Å². The van der Waals surface area contributed by atoms with Gasteiger partial charge in [-0.2, -0.15) is 0 Å². The van der Waals surface area contributed by atoms with Crippen LogP contribution >= 0.6 is 0 Å². The van der Waals surface area contributed by atoms with Crippen molar-refractivity contribution >= 4 is 17.3 Å². The van der Waals surface area contributed by atoms with Crippen molar-refractivity contribution in [3.05, 3.63) is 75.9 Å². The molecule has 2 heterocycles. The Balaban J connectivity index is 1.43. The topological polar surface area (TPSA) is 40.6 Å². The first kappa shape index (κ1) is 23.6. The maximum absolute atomic E-state index is 13.4. The predicted molar refractivity (Wildman–Crippen MR) is 141 cm³/mol. The Morgan fingerprint density at radius 3 is 2.60 bits per heavy atom. The number of anilines is 1. The molecule has 35 heavy (non-hydrogen) atoms. The van der Waals surface area contributed by atoms with Crippen molar-refractivity contribution in [1.82, 2.24) is 4.90 Å². The van der Waals surface area contributed by atoms with E-state index in [-0.39, 0.29) is 18.0 Å². The molecule has 2 unspecified atom stereocenters. The van der Waals surface area contributed by atoms with E-state index in [0.717, 1.165) is 22.3 Å². The zero-order valence-corrected chi connectivity index (χ0v) is 21.1. The number of ketones is 2. The summed E-state index contributed by atoms with van der Waals surface area (Å²) in [5.74, 6) is 6.34. The monoisotopic (exact) mass is 466 g/mol. The van der Waals surface area contributed by atoms with Crippen LogP contribution in [-0.2, 0) is 17.6 Å². The van der Waals surface area contributed by atoms with E-state index >= 15 is 0 Å². The zero-order chi connectivity index (χ0) is 24.5. The van der Waals surface area contributed by atoms with Gasteiger partial charge in [-0.05, 0) is 88.4 Å². The van der Waals surface area contributed by atoms with Crippen LogP contribution in [0, 0.1) is 18.8 Å². The molecular weight excluding hydrogens is 432 g/mol. The van der Waals surface area contributed by atoms with Gasteiger partial charge < -0.3 is 4.90 Å². The van der Waals surface area contributed by atoms with Crippen molar-refractivity contribution < 1.29 is 9.59 Å². The van der Waals surface area contributed by atoms with Crippen LogP contribution in [0.1, 0.15) is 64.7 Å². The Morgan fingerprint density at radius 1 is 1.09 bits per heavy atom. The number of Topliss-reactive ketones (excluding diaryl/α,β-unsaturated/α-hetero) is 2. The molecule has 4 heteroatoms. The number of aryl methyl sites for hydroxylation is 1. The molecule has 2 aromatic carbocycles. The normalized spacial score (nSPS) is 20.9. The number of carbonyl (C=O) groups excluding carboxylic acids is 2. The summed E-state index contributed by atoms with van der Waals surface area (Å²) in [6.45, 7) is 2.60. The van der Waals surface area contributed by atoms with Gasteiger partial charge in [-0.25, -0.2) is 0 Å². The van der Waals surface area contributed by atoms with Crippen molar-refractivity contribution in [3.8, 4) is 11.8 Å². The summed E-state index contributed by atoms with van der Waals surface area (Å²) in [5.41, 5.74) is 5.98. The lowest BCUT2D eigenvalue weighted by Gasteiger charge is -2.37. The summed E-state index contributed by atoms with van der Waals surface area (Å²) >= 11 is 0. The Hall–Kier alpha value is -3.16. The second-order valence-electron chi connectivity index (χ2n) is 10.5. The van der Waals surface area contributed by atoms with Crippen LogP contribution in [0.25, 0.3) is 0 Å². The van der Waals surface area contributed by atoms with Crippen LogP contribution in [0.2, 0.25) is 0 Å². The lowest BCUT2D eigenvalue weighted by molar-refractivity contribution is -0.114. The van der Waals surface area contributed by atoms with Crippen molar-refractivity contribution in [3.63, 3.8) is 0 Å². The molecule has 2 bridgehead atoms. The Labute approximate surface area is 209 Å². The molecule has 1 aliphatic carbocycles. The molecule has 2 saturated heterocycles. The SMILES string of the molecule is Cc1cccc2c1C(=O)C(C(=O)Cc1ccc(N3C4CCCC3CC4)cc1C#CCN(C)C)=CC2. The van der Waals surface area contributed by atoms with Crippen LogP contribution in [0.5, 0.6) is 0 Å². The molecule has 2 aromatic rings. The van der Waals surface area contributed by atoms with E-state index in [9.17, 15) is 9.59 Å². The molecule has 3 aliphatic rings.